The van der Waals surface area contributed by atoms with E-state index >= 15 is 0 Å². The molecule has 9 heteroatoms. The molecule has 0 fully saturated rings. The van der Waals surface area contributed by atoms with Crippen LogP contribution in [0.4, 0.5) is 5.69 Å². The van der Waals surface area contributed by atoms with Crippen molar-refractivity contribution in [2.24, 2.45) is 0 Å². The maximum Gasteiger partial charge on any atom is 0.255 e. The number of hydrogen-bond donors (Lipinski definition) is 1. The van der Waals surface area contributed by atoms with Crippen molar-refractivity contribution in [2.45, 2.75) is 6.92 Å². The number of carbonyl (C=O) groups excluding carboxylic acids is 1. The second-order valence-electron chi connectivity index (χ2n) is 6.64. The van der Waals surface area contributed by atoms with Crippen LogP contribution in [-0.4, -0.2) is 36.1 Å². The van der Waals surface area contributed by atoms with Crippen LogP contribution in [0.15, 0.2) is 67.1 Å². The summed E-state index contributed by atoms with van der Waals surface area (Å²) in [6, 6.07) is 16.8. The number of aryl methyl sites for hydroxylation is 1. The minimum absolute atomic E-state index is 0.212. The van der Waals surface area contributed by atoms with E-state index in [0.29, 0.717) is 11.3 Å². The molecule has 0 radical (unpaired) electrons. The third kappa shape index (κ3) is 3.42. The average molecular weight is 413 g/mol. The Morgan fingerprint density at radius 1 is 1.10 bits per heavy atom. The lowest BCUT2D eigenvalue weighted by molar-refractivity contribution is 0.102. The highest BCUT2D eigenvalue weighted by Crippen LogP contribution is 2.31. The normalized spacial score (nSPS) is 11.0. The fraction of sp³-hybridized carbons (Fsp3) is 0.0476. The molecule has 0 aliphatic heterocycles. The fourth-order valence-corrected chi connectivity index (χ4v) is 3.95. The van der Waals surface area contributed by atoms with Gasteiger partial charge in [0.05, 0.1) is 5.69 Å². The highest BCUT2D eigenvalue weighted by molar-refractivity contribution is 7.21. The average Bonchev–Trinajstić information content (AvgIpc) is 3.45. The molecular weight excluding hydrogens is 398 g/mol. The summed E-state index contributed by atoms with van der Waals surface area (Å²) >= 11 is 1.52. The van der Waals surface area contributed by atoms with E-state index in [4.69, 9.17) is 0 Å². The zero-order chi connectivity index (χ0) is 20.5. The number of fused-ring (bicyclic) bond motifs is 1. The topological polar surface area (TPSA) is 98.5 Å². The molecular formula is C21H15N7OS. The molecule has 146 valence electrons. The van der Waals surface area contributed by atoms with Crippen LogP contribution in [-0.2, 0) is 0 Å². The van der Waals surface area contributed by atoms with Gasteiger partial charge in [-0.25, -0.2) is 14.6 Å². The van der Waals surface area contributed by atoms with E-state index in [1.165, 1.54) is 22.3 Å². The molecule has 0 spiro atoms. The van der Waals surface area contributed by atoms with Gasteiger partial charge < -0.3 is 5.32 Å². The molecule has 1 amide bonds. The third-order valence-corrected chi connectivity index (χ3v) is 5.65. The molecule has 8 nitrogen and oxygen atoms in total. The first-order valence-corrected chi connectivity index (χ1v) is 9.96. The maximum atomic E-state index is 12.9. The number of nitrogens with zero attached hydrogens (tertiary/aromatic N) is 6. The smallest absolute Gasteiger partial charge is 0.255 e. The Morgan fingerprint density at radius 2 is 2.03 bits per heavy atom. The molecule has 0 aliphatic rings. The molecule has 0 saturated carbocycles. The van der Waals surface area contributed by atoms with Crippen molar-refractivity contribution in [2.75, 3.05) is 5.32 Å². The zero-order valence-electron chi connectivity index (χ0n) is 15.9. The van der Waals surface area contributed by atoms with Crippen LogP contribution in [0.1, 0.15) is 15.9 Å². The van der Waals surface area contributed by atoms with Gasteiger partial charge in [0.1, 0.15) is 21.7 Å². The Balaban J connectivity index is 1.44. The minimum Gasteiger partial charge on any atom is -0.322 e. The summed E-state index contributed by atoms with van der Waals surface area (Å²) in [6.07, 6.45) is 3.24. The Labute approximate surface area is 175 Å². The molecule has 3 heterocycles. The minimum atomic E-state index is -0.212. The molecule has 0 bridgehead atoms. The Kier molecular flexibility index (Phi) is 4.49. The van der Waals surface area contributed by atoms with Gasteiger partial charge >= 0.3 is 0 Å². The standard InChI is InChI=1S/C21H15N7OS/c1-13-7-8-15(20-25-17-6-3-9-22-21(17)30-20)11-18(13)24-19(29)14-4-2-5-16(10-14)28-12-23-26-27-28/h2-12H,1H3,(H,24,29). The summed E-state index contributed by atoms with van der Waals surface area (Å²) in [6.45, 7) is 1.96. The number of carbonyl (C=O) groups is 1. The van der Waals surface area contributed by atoms with Gasteiger partial charge in [-0.15, -0.1) is 5.10 Å². The van der Waals surface area contributed by atoms with Crippen molar-refractivity contribution in [3.05, 3.63) is 78.2 Å². The predicted molar refractivity (Wildman–Crippen MR) is 115 cm³/mol. The van der Waals surface area contributed by atoms with E-state index in [1.807, 2.05) is 43.3 Å². The number of nitrogens with one attached hydrogen (secondary N) is 1. The lowest BCUT2D eigenvalue weighted by Crippen LogP contribution is -2.13. The molecule has 0 saturated heterocycles. The Bertz CT molecular complexity index is 1330. The summed E-state index contributed by atoms with van der Waals surface area (Å²) < 4.78 is 1.50. The van der Waals surface area contributed by atoms with E-state index in [-0.39, 0.29) is 5.91 Å². The lowest BCUT2D eigenvalue weighted by atomic mass is 10.1. The number of amides is 1. The van der Waals surface area contributed by atoms with E-state index in [1.54, 1.807) is 24.4 Å². The van der Waals surface area contributed by atoms with Gasteiger partial charge in [0.25, 0.3) is 5.91 Å². The predicted octanol–water partition coefficient (Wildman–Crippen LogP) is 3.89. The number of benzene rings is 2. The van der Waals surface area contributed by atoms with Crippen molar-refractivity contribution < 1.29 is 4.79 Å². The quantitative estimate of drug-likeness (QED) is 0.480. The number of anilines is 1. The molecule has 0 atom stereocenters. The summed E-state index contributed by atoms with van der Waals surface area (Å²) in [5.74, 6) is -0.212. The molecule has 30 heavy (non-hydrogen) atoms. The Morgan fingerprint density at radius 3 is 2.87 bits per heavy atom. The monoisotopic (exact) mass is 413 g/mol. The van der Waals surface area contributed by atoms with Gasteiger partial charge in [-0.1, -0.05) is 29.5 Å². The van der Waals surface area contributed by atoms with Gasteiger partial charge in [-0.05, 0) is 59.3 Å². The van der Waals surface area contributed by atoms with Crippen molar-refractivity contribution in [3.63, 3.8) is 0 Å². The molecule has 1 N–H and O–H groups in total. The molecule has 3 aromatic heterocycles. The van der Waals surface area contributed by atoms with Crippen LogP contribution in [0.5, 0.6) is 0 Å². The van der Waals surface area contributed by atoms with Crippen LogP contribution in [0.2, 0.25) is 0 Å². The molecule has 0 unspecified atom stereocenters. The Hall–Kier alpha value is -3.98. The summed E-state index contributed by atoms with van der Waals surface area (Å²) in [7, 11) is 0. The van der Waals surface area contributed by atoms with E-state index < -0.39 is 0 Å². The summed E-state index contributed by atoms with van der Waals surface area (Å²) in [5.41, 5.74) is 4.71. The first-order valence-electron chi connectivity index (χ1n) is 9.15. The van der Waals surface area contributed by atoms with Crippen LogP contribution >= 0.6 is 11.3 Å². The van der Waals surface area contributed by atoms with E-state index in [9.17, 15) is 4.79 Å². The van der Waals surface area contributed by atoms with E-state index in [2.05, 4.69) is 30.8 Å². The second-order valence-corrected chi connectivity index (χ2v) is 7.61. The van der Waals surface area contributed by atoms with Gasteiger partial charge in [-0.3, -0.25) is 4.79 Å². The van der Waals surface area contributed by atoms with Crippen molar-refractivity contribution in [1.29, 1.82) is 0 Å². The lowest BCUT2D eigenvalue weighted by Gasteiger charge is -2.10. The first kappa shape index (κ1) is 18.1. The largest absolute Gasteiger partial charge is 0.322 e. The van der Waals surface area contributed by atoms with Gasteiger partial charge in [0, 0.05) is 23.0 Å². The number of tetrazole rings is 1. The molecule has 5 rings (SSSR count). The number of hydrogen-bond acceptors (Lipinski definition) is 7. The zero-order valence-corrected chi connectivity index (χ0v) is 16.7. The molecule has 0 aliphatic carbocycles. The van der Waals surface area contributed by atoms with Crippen LogP contribution in [0.25, 0.3) is 26.6 Å². The van der Waals surface area contributed by atoms with Crippen molar-refractivity contribution in [1.82, 2.24) is 30.2 Å². The second kappa shape index (κ2) is 7.45. The number of thiazole rings is 1. The maximum absolute atomic E-state index is 12.9. The van der Waals surface area contributed by atoms with Crippen molar-refractivity contribution >= 4 is 33.3 Å². The van der Waals surface area contributed by atoms with Gasteiger partial charge in [0.2, 0.25) is 0 Å². The number of rotatable bonds is 4. The van der Waals surface area contributed by atoms with Crippen molar-refractivity contribution in [3.8, 4) is 16.3 Å². The fourth-order valence-electron chi connectivity index (χ4n) is 3.05. The SMILES string of the molecule is Cc1ccc(-c2nc3cccnc3s2)cc1NC(=O)c1cccc(-n2cnnn2)c1. The highest BCUT2D eigenvalue weighted by atomic mass is 32.1. The first-order chi connectivity index (χ1) is 14.7. The summed E-state index contributed by atoms with van der Waals surface area (Å²) in [4.78, 5) is 22.8. The number of pyridine rings is 1. The van der Waals surface area contributed by atoms with Gasteiger partial charge in [-0.2, -0.15) is 0 Å². The van der Waals surface area contributed by atoms with Gasteiger partial charge in [0.15, 0.2) is 0 Å². The third-order valence-electron chi connectivity index (χ3n) is 4.62. The molecule has 2 aromatic carbocycles. The summed E-state index contributed by atoms with van der Waals surface area (Å²) in [5, 5.41) is 15.0. The number of aromatic nitrogens is 6. The van der Waals surface area contributed by atoms with E-state index in [0.717, 1.165) is 32.2 Å². The highest BCUT2D eigenvalue weighted by Gasteiger charge is 2.12. The van der Waals surface area contributed by atoms with Crippen LogP contribution in [0.3, 0.4) is 0 Å². The van der Waals surface area contributed by atoms with Crippen LogP contribution < -0.4 is 5.32 Å². The molecule has 5 aromatic rings. The van der Waals surface area contributed by atoms with Crippen LogP contribution in [0, 0.1) is 6.92 Å².